The van der Waals surface area contributed by atoms with Gasteiger partial charge in [0.05, 0.1) is 11.4 Å². The van der Waals surface area contributed by atoms with E-state index in [1.165, 1.54) is 0 Å². The maximum absolute atomic E-state index is 11.9. The molecule has 0 aliphatic rings. The van der Waals surface area contributed by atoms with Crippen LogP contribution in [0.3, 0.4) is 0 Å². The minimum atomic E-state index is -0.359. The van der Waals surface area contributed by atoms with Crippen molar-refractivity contribution < 1.29 is 4.79 Å². The largest absolute Gasteiger partial charge is 0.397 e. The van der Waals surface area contributed by atoms with E-state index in [2.05, 4.69) is 5.32 Å². The fraction of sp³-hybridized carbons (Fsp3) is 0.417. The molecule has 0 aliphatic carbocycles. The van der Waals surface area contributed by atoms with Crippen molar-refractivity contribution in [2.45, 2.75) is 27.2 Å². The van der Waals surface area contributed by atoms with Gasteiger partial charge in [0.1, 0.15) is 0 Å². The third kappa shape index (κ3) is 2.72. The highest BCUT2D eigenvalue weighted by Gasteiger charge is 2.25. The van der Waals surface area contributed by atoms with Crippen LogP contribution in [-0.4, -0.2) is 5.91 Å². The van der Waals surface area contributed by atoms with E-state index in [9.17, 15) is 4.79 Å². The van der Waals surface area contributed by atoms with Gasteiger partial charge in [-0.25, -0.2) is 0 Å². The Balaban J connectivity index is 2.80. The van der Waals surface area contributed by atoms with Crippen LogP contribution in [0.15, 0.2) is 24.3 Å². The monoisotopic (exact) mass is 206 g/mol. The molecule has 0 heterocycles. The number of anilines is 2. The molecule has 1 aromatic carbocycles. The van der Waals surface area contributed by atoms with E-state index in [1.54, 1.807) is 12.1 Å². The van der Waals surface area contributed by atoms with E-state index in [4.69, 9.17) is 5.73 Å². The van der Waals surface area contributed by atoms with Gasteiger partial charge >= 0.3 is 0 Å². The van der Waals surface area contributed by atoms with E-state index in [1.807, 2.05) is 32.9 Å². The number of carbonyl (C=O) groups is 1. The summed E-state index contributed by atoms with van der Waals surface area (Å²) in [7, 11) is 0. The number of benzene rings is 1. The van der Waals surface area contributed by atoms with E-state index < -0.39 is 0 Å². The number of nitrogen functional groups attached to an aromatic ring is 1. The quantitative estimate of drug-likeness (QED) is 0.747. The number of nitrogens with two attached hydrogens (primary N) is 1. The lowest BCUT2D eigenvalue weighted by Gasteiger charge is -2.21. The molecular weight excluding hydrogens is 188 g/mol. The molecule has 1 rings (SSSR count). The lowest BCUT2D eigenvalue weighted by molar-refractivity contribution is -0.124. The molecule has 82 valence electrons. The maximum atomic E-state index is 11.9. The zero-order valence-corrected chi connectivity index (χ0v) is 9.50. The van der Waals surface area contributed by atoms with Crippen molar-refractivity contribution in [3.05, 3.63) is 24.3 Å². The standard InChI is InChI=1S/C12H18N2O/c1-4-12(2,3)11(15)14-10-8-6-5-7-9(10)13/h5-8H,4,13H2,1-3H3,(H,14,15). The topological polar surface area (TPSA) is 55.1 Å². The SMILES string of the molecule is CCC(C)(C)C(=O)Nc1ccccc1N. The van der Waals surface area contributed by atoms with Gasteiger partial charge in [-0.2, -0.15) is 0 Å². The summed E-state index contributed by atoms with van der Waals surface area (Å²) in [5, 5.41) is 2.84. The highest BCUT2D eigenvalue weighted by atomic mass is 16.2. The highest BCUT2D eigenvalue weighted by Crippen LogP contribution is 2.24. The molecule has 1 aromatic rings. The lowest BCUT2D eigenvalue weighted by Crippen LogP contribution is -2.30. The van der Waals surface area contributed by atoms with Crippen LogP contribution >= 0.6 is 0 Å². The molecule has 0 spiro atoms. The Kier molecular flexibility index (Phi) is 3.35. The summed E-state index contributed by atoms with van der Waals surface area (Å²) >= 11 is 0. The zero-order chi connectivity index (χ0) is 11.5. The Bertz CT molecular complexity index is 358. The Morgan fingerprint density at radius 1 is 1.40 bits per heavy atom. The first-order valence-corrected chi connectivity index (χ1v) is 5.13. The first kappa shape index (κ1) is 11.6. The molecule has 0 saturated heterocycles. The average molecular weight is 206 g/mol. The predicted octanol–water partition coefficient (Wildman–Crippen LogP) is 2.64. The molecule has 0 radical (unpaired) electrons. The normalized spacial score (nSPS) is 11.1. The number of hydrogen-bond donors (Lipinski definition) is 2. The molecule has 3 N–H and O–H groups in total. The first-order valence-electron chi connectivity index (χ1n) is 5.13. The molecule has 3 nitrogen and oxygen atoms in total. The van der Waals surface area contributed by atoms with Crippen molar-refractivity contribution in [3.63, 3.8) is 0 Å². The average Bonchev–Trinajstić information content (AvgIpc) is 2.21. The van der Waals surface area contributed by atoms with Gasteiger partial charge < -0.3 is 11.1 Å². The summed E-state index contributed by atoms with van der Waals surface area (Å²) in [6, 6.07) is 7.27. The van der Waals surface area contributed by atoms with Crippen LogP contribution in [0, 0.1) is 5.41 Å². The van der Waals surface area contributed by atoms with Crippen LogP contribution in [0.5, 0.6) is 0 Å². The minimum absolute atomic E-state index is 0.00269. The fourth-order valence-electron chi connectivity index (χ4n) is 1.06. The maximum Gasteiger partial charge on any atom is 0.230 e. The van der Waals surface area contributed by atoms with Gasteiger partial charge in [-0.1, -0.05) is 32.9 Å². The Hall–Kier alpha value is -1.51. The third-order valence-electron chi connectivity index (χ3n) is 2.71. The van der Waals surface area contributed by atoms with Crippen molar-refractivity contribution in [2.75, 3.05) is 11.1 Å². The van der Waals surface area contributed by atoms with Gasteiger partial charge in [0.2, 0.25) is 5.91 Å². The molecule has 0 fully saturated rings. The molecular formula is C12H18N2O. The Labute approximate surface area is 90.7 Å². The number of rotatable bonds is 3. The van der Waals surface area contributed by atoms with Crippen molar-refractivity contribution in [1.29, 1.82) is 0 Å². The Morgan fingerprint density at radius 3 is 2.53 bits per heavy atom. The molecule has 0 aromatic heterocycles. The zero-order valence-electron chi connectivity index (χ0n) is 9.50. The van der Waals surface area contributed by atoms with Crippen molar-refractivity contribution >= 4 is 17.3 Å². The molecule has 0 atom stereocenters. The van der Waals surface area contributed by atoms with Crippen LogP contribution in [0.25, 0.3) is 0 Å². The van der Waals surface area contributed by atoms with Gasteiger partial charge in [0, 0.05) is 5.41 Å². The Morgan fingerprint density at radius 2 is 2.00 bits per heavy atom. The van der Waals surface area contributed by atoms with Gasteiger partial charge in [0.25, 0.3) is 0 Å². The van der Waals surface area contributed by atoms with Crippen molar-refractivity contribution in [1.82, 2.24) is 0 Å². The first-order chi connectivity index (χ1) is 6.97. The van der Waals surface area contributed by atoms with Crippen LogP contribution in [0.2, 0.25) is 0 Å². The summed E-state index contributed by atoms with van der Waals surface area (Å²) in [4.78, 5) is 11.9. The van der Waals surface area contributed by atoms with Crippen molar-refractivity contribution in [2.24, 2.45) is 5.41 Å². The molecule has 15 heavy (non-hydrogen) atoms. The molecule has 0 unspecified atom stereocenters. The lowest BCUT2D eigenvalue weighted by atomic mass is 9.89. The predicted molar refractivity (Wildman–Crippen MR) is 63.6 cm³/mol. The van der Waals surface area contributed by atoms with Crippen molar-refractivity contribution in [3.8, 4) is 0 Å². The second-order valence-electron chi connectivity index (χ2n) is 4.28. The second-order valence-corrected chi connectivity index (χ2v) is 4.28. The smallest absolute Gasteiger partial charge is 0.230 e. The fourth-order valence-corrected chi connectivity index (χ4v) is 1.06. The summed E-state index contributed by atoms with van der Waals surface area (Å²) in [5.74, 6) is 0.00269. The van der Waals surface area contributed by atoms with Gasteiger partial charge in [0.15, 0.2) is 0 Å². The van der Waals surface area contributed by atoms with E-state index >= 15 is 0 Å². The summed E-state index contributed by atoms with van der Waals surface area (Å²) in [6.45, 7) is 5.83. The number of hydrogen-bond acceptors (Lipinski definition) is 2. The van der Waals surface area contributed by atoms with E-state index in [0.717, 1.165) is 6.42 Å². The number of para-hydroxylation sites is 2. The highest BCUT2D eigenvalue weighted by molar-refractivity contribution is 5.97. The van der Waals surface area contributed by atoms with Gasteiger partial charge in [-0.05, 0) is 18.6 Å². The van der Waals surface area contributed by atoms with Crippen LogP contribution < -0.4 is 11.1 Å². The van der Waals surface area contributed by atoms with E-state index in [0.29, 0.717) is 11.4 Å². The van der Waals surface area contributed by atoms with Crippen LogP contribution in [-0.2, 0) is 4.79 Å². The number of amides is 1. The summed E-state index contributed by atoms with van der Waals surface area (Å²) < 4.78 is 0. The molecule has 0 saturated carbocycles. The minimum Gasteiger partial charge on any atom is -0.397 e. The summed E-state index contributed by atoms with van der Waals surface area (Å²) in [5.41, 5.74) is 6.66. The molecule has 0 bridgehead atoms. The molecule has 3 heteroatoms. The second kappa shape index (κ2) is 4.34. The summed E-state index contributed by atoms with van der Waals surface area (Å²) in [6.07, 6.45) is 0.797. The number of carbonyl (C=O) groups excluding carboxylic acids is 1. The number of nitrogens with one attached hydrogen (secondary N) is 1. The van der Waals surface area contributed by atoms with Crippen LogP contribution in [0.1, 0.15) is 27.2 Å². The molecule has 1 amide bonds. The van der Waals surface area contributed by atoms with Crippen LogP contribution in [0.4, 0.5) is 11.4 Å². The van der Waals surface area contributed by atoms with E-state index in [-0.39, 0.29) is 11.3 Å². The molecule has 0 aliphatic heterocycles. The third-order valence-corrected chi connectivity index (χ3v) is 2.71. The van der Waals surface area contributed by atoms with Gasteiger partial charge in [-0.3, -0.25) is 4.79 Å². The van der Waals surface area contributed by atoms with Gasteiger partial charge in [-0.15, -0.1) is 0 Å².